The minimum Gasteiger partial charge on any atom is -0.477 e. The lowest BCUT2D eigenvalue weighted by molar-refractivity contribution is 0.0694. The Morgan fingerprint density at radius 2 is 2.06 bits per heavy atom. The Kier molecular flexibility index (Phi) is 6.09. The number of aromatic carboxylic acids is 1. The van der Waals surface area contributed by atoms with Gasteiger partial charge in [-0.2, -0.15) is 0 Å². The van der Waals surface area contributed by atoms with Crippen LogP contribution in [0.25, 0.3) is 10.9 Å². The number of pyridine rings is 1. The summed E-state index contributed by atoms with van der Waals surface area (Å²) in [5.74, 6) is -4.05. The van der Waals surface area contributed by atoms with E-state index in [1.54, 1.807) is 6.92 Å². The van der Waals surface area contributed by atoms with Gasteiger partial charge in [0.1, 0.15) is 37.1 Å². The van der Waals surface area contributed by atoms with E-state index < -0.39 is 40.2 Å². The minimum atomic E-state index is -1.48. The van der Waals surface area contributed by atoms with Gasteiger partial charge in [0.2, 0.25) is 5.43 Å². The minimum absolute atomic E-state index is 0.0125. The number of amidine groups is 1. The van der Waals surface area contributed by atoms with E-state index >= 15 is 8.78 Å². The van der Waals surface area contributed by atoms with E-state index in [2.05, 4.69) is 15.1 Å². The average molecular weight is 437 g/mol. The molecule has 10 nitrogen and oxygen atoms in total. The molecule has 31 heavy (non-hydrogen) atoms. The highest BCUT2D eigenvalue weighted by molar-refractivity contribution is 6.10. The SMILES string of the molecule is CCn1cc(C(=O)O)c(=O)c2cc(F)c(N3C/C(=N/OC)C(/C(N)=N\OC)C3)c(F)c21. The molecule has 2 heterocycles. The van der Waals surface area contributed by atoms with Crippen molar-refractivity contribution in [2.24, 2.45) is 22.0 Å². The molecule has 1 aliphatic heterocycles. The Bertz CT molecular complexity index is 1160. The second kappa shape index (κ2) is 8.58. The fourth-order valence-electron chi connectivity index (χ4n) is 3.68. The summed E-state index contributed by atoms with van der Waals surface area (Å²) in [6.07, 6.45) is 1.05. The van der Waals surface area contributed by atoms with E-state index in [4.69, 9.17) is 10.6 Å². The van der Waals surface area contributed by atoms with Gasteiger partial charge in [-0.3, -0.25) is 4.79 Å². The van der Waals surface area contributed by atoms with Gasteiger partial charge in [0.25, 0.3) is 0 Å². The van der Waals surface area contributed by atoms with Gasteiger partial charge in [-0.15, -0.1) is 0 Å². The zero-order chi connectivity index (χ0) is 22.9. The number of fused-ring (bicyclic) bond motifs is 1. The van der Waals surface area contributed by atoms with E-state index in [0.717, 1.165) is 12.3 Å². The van der Waals surface area contributed by atoms with E-state index in [-0.39, 0.29) is 36.4 Å². The van der Waals surface area contributed by atoms with Gasteiger partial charge in [0, 0.05) is 19.3 Å². The van der Waals surface area contributed by atoms with Crippen LogP contribution < -0.4 is 16.1 Å². The lowest BCUT2D eigenvalue weighted by Crippen LogP contribution is -2.31. The first-order chi connectivity index (χ1) is 14.7. The summed E-state index contributed by atoms with van der Waals surface area (Å²) in [5, 5.41) is 16.4. The van der Waals surface area contributed by atoms with Crippen molar-refractivity contribution < 1.29 is 28.4 Å². The van der Waals surface area contributed by atoms with Gasteiger partial charge >= 0.3 is 5.97 Å². The van der Waals surface area contributed by atoms with Crippen molar-refractivity contribution in [3.05, 3.63) is 39.7 Å². The van der Waals surface area contributed by atoms with Crippen LogP contribution in [0.1, 0.15) is 17.3 Å². The number of hydrogen-bond donors (Lipinski definition) is 2. The first-order valence-electron chi connectivity index (χ1n) is 9.24. The highest BCUT2D eigenvalue weighted by Crippen LogP contribution is 2.33. The van der Waals surface area contributed by atoms with Crippen LogP contribution in [-0.4, -0.2) is 54.5 Å². The molecule has 3 N–H and O–H groups in total. The van der Waals surface area contributed by atoms with Crippen LogP contribution in [-0.2, 0) is 16.2 Å². The Hall–Kier alpha value is -3.70. The van der Waals surface area contributed by atoms with Gasteiger partial charge in [-0.05, 0) is 13.0 Å². The number of carboxylic acids is 1. The van der Waals surface area contributed by atoms with E-state index in [9.17, 15) is 14.7 Å². The molecule has 12 heteroatoms. The number of hydrogen-bond acceptors (Lipinski definition) is 7. The van der Waals surface area contributed by atoms with Crippen molar-refractivity contribution >= 4 is 34.1 Å². The first kappa shape index (κ1) is 22.0. The Morgan fingerprint density at radius 3 is 2.65 bits per heavy atom. The number of nitrogens with zero attached hydrogens (tertiary/aromatic N) is 4. The van der Waals surface area contributed by atoms with Gasteiger partial charge in [-0.25, -0.2) is 13.6 Å². The smallest absolute Gasteiger partial charge is 0.341 e. The zero-order valence-corrected chi connectivity index (χ0v) is 17.1. The standard InChI is InChI=1S/C19H21F2N5O5/c1-4-25-7-11(19(28)29)17(27)9-5-12(20)16(14(21)15(9)25)26-6-10(18(22)24-31-3)13(8-26)23-30-2/h5,7,10H,4,6,8H2,1-3H3,(H2,22,24)(H,28,29)/b23-13-. The molecule has 3 rings (SSSR count). The van der Waals surface area contributed by atoms with Crippen LogP contribution >= 0.6 is 0 Å². The lowest BCUT2D eigenvalue weighted by atomic mass is 10.1. The number of anilines is 1. The van der Waals surface area contributed by atoms with Crippen molar-refractivity contribution in [2.45, 2.75) is 13.5 Å². The predicted octanol–water partition coefficient (Wildman–Crippen LogP) is 1.36. The maximum absolute atomic E-state index is 15.6. The largest absolute Gasteiger partial charge is 0.477 e. The van der Waals surface area contributed by atoms with Crippen molar-refractivity contribution in [3.63, 3.8) is 0 Å². The molecule has 1 aromatic heterocycles. The maximum atomic E-state index is 15.6. The second-order valence-corrected chi connectivity index (χ2v) is 6.78. The second-order valence-electron chi connectivity index (χ2n) is 6.78. The molecule has 0 bridgehead atoms. The third kappa shape index (κ3) is 3.76. The summed E-state index contributed by atoms with van der Waals surface area (Å²) in [7, 11) is 2.64. The number of aryl methyl sites for hydroxylation is 1. The predicted molar refractivity (Wildman–Crippen MR) is 110 cm³/mol. The van der Waals surface area contributed by atoms with Gasteiger partial charge in [0.15, 0.2) is 5.82 Å². The van der Waals surface area contributed by atoms with Gasteiger partial charge < -0.3 is 30.0 Å². The van der Waals surface area contributed by atoms with Crippen molar-refractivity contribution in [2.75, 3.05) is 32.2 Å². The third-order valence-electron chi connectivity index (χ3n) is 5.04. The van der Waals surface area contributed by atoms with Crippen LogP contribution in [0.3, 0.4) is 0 Å². The first-order valence-corrected chi connectivity index (χ1v) is 9.24. The number of oxime groups is 2. The molecule has 1 aromatic carbocycles. The highest BCUT2D eigenvalue weighted by Gasteiger charge is 2.36. The monoisotopic (exact) mass is 437 g/mol. The summed E-state index contributed by atoms with van der Waals surface area (Å²) in [6, 6.07) is 0.849. The van der Waals surface area contributed by atoms with E-state index in [1.807, 2.05) is 0 Å². The normalized spacial score (nSPS) is 18.1. The number of halogens is 2. The maximum Gasteiger partial charge on any atom is 0.341 e. The van der Waals surface area contributed by atoms with Gasteiger partial charge in [0.05, 0.1) is 29.1 Å². The Balaban J connectivity index is 2.21. The van der Waals surface area contributed by atoms with Crippen LogP contribution in [0.4, 0.5) is 14.5 Å². The van der Waals surface area contributed by atoms with E-state index in [0.29, 0.717) is 5.71 Å². The molecule has 1 saturated heterocycles. The van der Waals surface area contributed by atoms with Crippen LogP contribution in [0.15, 0.2) is 27.4 Å². The van der Waals surface area contributed by atoms with Crippen LogP contribution in [0, 0.1) is 17.6 Å². The molecule has 1 fully saturated rings. The molecule has 0 saturated carbocycles. The summed E-state index contributed by atoms with van der Waals surface area (Å²) >= 11 is 0. The number of rotatable bonds is 6. The summed E-state index contributed by atoms with van der Waals surface area (Å²) in [6.45, 7) is 1.83. The lowest BCUT2D eigenvalue weighted by Gasteiger charge is -2.21. The number of benzene rings is 1. The topological polar surface area (TPSA) is 132 Å². The van der Waals surface area contributed by atoms with Crippen LogP contribution in [0.2, 0.25) is 0 Å². The number of nitrogens with two attached hydrogens (primary N) is 1. The molecule has 0 radical (unpaired) electrons. The number of carbonyl (C=O) groups is 1. The zero-order valence-electron chi connectivity index (χ0n) is 17.1. The van der Waals surface area contributed by atoms with Gasteiger partial charge in [-0.1, -0.05) is 10.3 Å². The average Bonchev–Trinajstić information content (AvgIpc) is 3.12. The molecule has 1 unspecified atom stereocenters. The molecule has 0 amide bonds. The number of aromatic nitrogens is 1. The quantitative estimate of drug-likeness (QED) is 0.396. The number of carboxylic acid groups (broad SMARTS) is 1. The van der Waals surface area contributed by atoms with Crippen molar-refractivity contribution in [1.29, 1.82) is 0 Å². The summed E-state index contributed by atoms with van der Waals surface area (Å²) < 4.78 is 31.9. The molecule has 2 aromatic rings. The van der Waals surface area contributed by atoms with E-state index in [1.165, 1.54) is 23.7 Å². The molecular formula is C19H21F2N5O5. The fraction of sp³-hybridized carbons (Fsp3) is 0.368. The highest BCUT2D eigenvalue weighted by atomic mass is 19.1. The molecular weight excluding hydrogens is 416 g/mol. The molecule has 1 atom stereocenters. The Labute approximate surface area is 175 Å². The van der Waals surface area contributed by atoms with Crippen molar-refractivity contribution in [1.82, 2.24) is 4.57 Å². The van der Waals surface area contributed by atoms with Crippen molar-refractivity contribution in [3.8, 4) is 0 Å². The van der Waals surface area contributed by atoms with Crippen LogP contribution in [0.5, 0.6) is 0 Å². The fourth-order valence-corrected chi connectivity index (χ4v) is 3.68. The summed E-state index contributed by atoms with van der Waals surface area (Å²) in [5.41, 5.74) is 4.16. The molecule has 166 valence electrons. The molecule has 1 aliphatic rings. The third-order valence-corrected chi connectivity index (χ3v) is 5.04. The Morgan fingerprint density at radius 1 is 1.35 bits per heavy atom. The molecule has 0 spiro atoms. The summed E-state index contributed by atoms with van der Waals surface area (Å²) in [4.78, 5) is 34.7. The molecule has 0 aliphatic carbocycles.